The van der Waals surface area contributed by atoms with Gasteiger partial charge in [-0.1, -0.05) is 5.16 Å². The third kappa shape index (κ3) is 3.77. The van der Waals surface area contributed by atoms with E-state index >= 15 is 0 Å². The standard InChI is InChI=1S/C11H13F3N4O2/c1-2-16-10(19)17-6-3-4-7(9(15)18-20)8(5-6)11(12,13)14/h3-5,20H,2H2,1H3,(H2,15,18)(H2,16,17,19). The molecule has 20 heavy (non-hydrogen) atoms. The summed E-state index contributed by atoms with van der Waals surface area (Å²) in [6.07, 6.45) is -4.70. The Morgan fingerprint density at radius 3 is 2.60 bits per heavy atom. The van der Waals surface area contributed by atoms with Gasteiger partial charge in [-0.25, -0.2) is 4.79 Å². The summed E-state index contributed by atoms with van der Waals surface area (Å²) in [5.41, 5.74) is 3.55. The van der Waals surface area contributed by atoms with E-state index in [4.69, 9.17) is 10.9 Å². The van der Waals surface area contributed by atoms with Gasteiger partial charge in [-0.05, 0) is 25.1 Å². The van der Waals surface area contributed by atoms with E-state index in [0.29, 0.717) is 12.6 Å². The molecule has 0 aliphatic heterocycles. The monoisotopic (exact) mass is 290 g/mol. The van der Waals surface area contributed by atoms with Crippen LogP contribution in [-0.2, 0) is 6.18 Å². The minimum absolute atomic E-state index is 0.0576. The third-order valence-electron chi connectivity index (χ3n) is 2.30. The van der Waals surface area contributed by atoms with Gasteiger partial charge in [0.15, 0.2) is 5.84 Å². The Morgan fingerprint density at radius 1 is 1.45 bits per heavy atom. The zero-order chi connectivity index (χ0) is 15.3. The molecule has 0 unspecified atom stereocenters. The van der Waals surface area contributed by atoms with Gasteiger partial charge in [0.05, 0.1) is 5.56 Å². The molecule has 0 heterocycles. The number of hydrogen-bond acceptors (Lipinski definition) is 3. The van der Waals surface area contributed by atoms with Crippen LogP contribution in [0.2, 0.25) is 0 Å². The molecule has 0 bridgehead atoms. The van der Waals surface area contributed by atoms with Crippen LogP contribution < -0.4 is 16.4 Å². The number of halogens is 3. The first-order valence-electron chi connectivity index (χ1n) is 5.53. The molecular formula is C11H13F3N4O2. The first kappa shape index (κ1) is 15.6. The van der Waals surface area contributed by atoms with Gasteiger partial charge in [-0.15, -0.1) is 0 Å². The zero-order valence-electron chi connectivity index (χ0n) is 10.5. The van der Waals surface area contributed by atoms with Crippen LogP contribution in [0.15, 0.2) is 23.4 Å². The highest BCUT2D eigenvalue weighted by Crippen LogP contribution is 2.33. The molecule has 0 aliphatic carbocycles. The molecule has 0 spiro atoms. The minimum Gasteiger partial charge on any atom is -0.409 e. The lowest BCUT2D eigenvalue weighted by atomic mass is 10.1. The lowest BCUT2D eigenvalue weighted by Gasteiger charge is -2.14. The van der Waals surface area contributed by atoms with Crippen molar-refractivity contribution in [3.8, 4) is 0 Å². The van der Waals surface area contributed by atoms with Crippen LogP contribution in [0.25, 0.3) is 0 Å². The van der Waals surface area contributed by atoms with E-state index in [1.54, 1.807) is 6.92 Å². The molecule has 0 fully saturated rings. The van der Waals surface area contributed by atoms with Crippen molar-refractivity contribution < 1.29 is 23.2 Å². The van der Waals surface area contributed by atoms with Crippen LogP contribution in [0.5, 0.6) is 0 Å². The predicted octanol–water partition coefficient (Wildman–Crippen LogP) is 1.94. The quantitative estimate of drug-likeness (QED) is 0.296. The van der Waals surface area contributed by atoms with Gasteiger partial charge in [0.1, 0.15) is 0 Å². The highest BCUT2D eigenvalue weighted by Gasteiger charge is 2.34. The lowest BCUT2D eigenvalue weighted by molar-refractivity contribution is -0.137. The molecule has 0 aliphatic rings. The van der Waals surface area contributed by atoms with E-state index in [0.717, 1.165) is 6.07 Å². The van der Waals surface area contributed by atoms with E-state index in [2.05, 4.69) is 15.8 Å². The van der Waals surface area contributed by atoms with Crippen molar-refractivity contribution in [3.05, 3.63) is 29.3 Å². The number of carbonyl (C=O) groups is 1. The van der Waals surface area contributed by atoms with Crippen molar-refractivity contribution in [1.82, 2.24) is 5.32 Å². The van der Waals surface area contributed by atoms with Crippen molar-refractivity contribution in [1.29, 1.82) is 0 Å². The highest BCUT2D eigenvalue weighted by atomic mass is 19.4. The summed E-state index contributed by atoms with van der Waals surface area (Å²) >= 11 is 0. The number of oxime groups is 1. The lowest BCUT2D eigenvalue weighted by Crippen LogP contribution is -2.28. The number of anilines is 1. The van der Waals surface area contributed by atoms with Gasteiger partial charge in [0, 0.05) is 17.8 Å². The fraction of sp³-hybridized carbons (Fsp3) is 0.273. The second-order valence-corrected chi connectivity index (χ2v) is 3.73. The fourth-order valence-corrected chi connectivity index (χ4v) is 1.47. The van der Waals surface area contributed by atoms with Crippen LogP contribution >= 0.6 is 0 Å². The van der Waals surface area contributed by atoms with Crippen LogP contribution in [0.1, 0.15) is 18.1 Å². The van der Waals surface area contributed by atoms with Gasteiger partial charge in [0.2, 0.25) is 0 Å². The van der Waals surface area contributed by atoms with E-state index in [1.165, 1.54) is 6.07 Å². The van der Waals surface area contributed by atoms with Gasteiger partial charge >= 0.3 is 12.2 Å². The van der Waals surface area contributed by atoms with Gasteiger partial charge in [-0.2, -0.15) is 13.2 Å². The number of benzene rings is 1. The molecule has 6 nitrogen and oxygen atoms in total. The molecule has 1 aromatic rings. The maximum atomic E-state index is 12.9. The zero-order valence-corrected chi connectivity index (χ0v) is 10.5. The molecule has 0 atom stereocenters. The predicted molar refractivity (Wildman–Crippen MR) is 66.7 cm³/mol. The molecule has 1 aromatic carbocycles. The first-order valence-corrected chi connectivity index (χ1v) is 5.53. The van der Waals surface area contributed by atoms with Gasteiger partial charge in [-0.3, -0.25) is 0 Å². The van der Waals surface area contributed by atoms with E-state index in [-0.39, 0.29) is 5.69 Å². The Hall–Kier alpha value is -2.45. The van der Waals surface area contributed by atoms with E-state index in [9.17, 15) is 18.0 Å². The Balaban J connectivity index is 3.18. The Bertz CT molecular complexity index is 529. The molecule has 0 aromatic heterocycles. The SMILES string of the molecule is CCNC(=O)Nc1ccc(C(N)=NO)c(C(F)(F)F)c1. The average Bonchev–Trinajstić information content (AvgIpc) is 2.37. The summed E-state index contributed by atoms with van der Waals surface area (Å²) in [7, 11) is 0. The summed E-state index contributed by atoms with van der Waals surface area (Å²) < 4.78 is 38.7. The highest BCUT2D eigenvalue weighted by molar-refractivity contribution is 5.99. The maximum absolute atomic E-state index is 12.9. The van der Waals surface area contributed by atoms with Gasteiger partial charge < -0.3 is 21.6 Å². The summed E-state index contributed by atoms with van der Waals surface area (Å²) in [4.78, 5) is 11.3. The Kier molecular flexibility index (Phi) is 4.78. The summed E-state index contributed by atoms with van der Waals surface area (Å²) in [5.74, 6) is -0.665. The number of urea groups is 1. The molecule has 0 radical (unpaired) electrons. The minimum atomic E-state index is -4.70. The Labute approximate surface area is 112 Å². The molecule has 5 N–H and O–H groups in total. The topological polar surface area (TPSA) is 99.7 Å². The summed E-state index contributed by atoms with van der Waals surface area (Å²) in [5, 5.41) is 15.7. The van der Waals surface area contributed by atoms with E-state index < -0.39 is 29.2 Å². The number of alkyl halides is 3. The second kappa shape index (κ2) is 6.13. The summed E-state index contributed by atoms with van der Waals surface area (Å²) in [6, 6.07) is 2.32. The number of amidine groups is 1. The Morgan fingerprint density at radius 2 is 2.10 bits per heavy atom. The fourth-order valence-electron chi connectivity index (χ4n) is 1.47. The molecule has 110 valence electrons. The average molecular weight is 290 g/mol. The number of nitrogens with one attached hydrogen (secondary N) is 2. The van der Waals surface area contributed by atoms with Crippen LogP contribution in [0.3, 0.4) is 0 Å². The van der Waals surface area contributed by atoms with Crippen molar-refractivity contribution in [3.63, 3.8) is 0 Å². The van der Waals surface area contributed by atoms with Crippen molar-refractivity contribution >= 4 is 17.6 Å². The smallest absolute Gasteiger partial charge is 0.409 e. The first-order chi connectivity index (χ1) is 9.29. The van der Waals surface area contributed by atoms with Crippen LogP contribution in [0, 0.1) is 0 Å². The third-order valence-corrected chi connectivity index (χ3v) is 2.30. The van der Waals surface area contributed by atoms with Crippen molar-refractivity contribution in [2.45, 2.75) is 13.1 Å². The maximum Gasteiger partial charge on any atom is 0.417 e. The van der Waals surface area contributed by atoms with Crippen LogP contribution in [0.4, 0.5) is 23.7 Å². The number of nitrogens with two attached hydrogens (primary N) is 1. The molecule has 2 amide bonds. The number of nitrogens with zero attached hydrogens (tertiary/aromatic N) is 1. The van der Waals surface area contributed by atoms with Crippen molar-refractivity contribution in [2.24, 2.45) is 10.9 Å². The normalized spacial score (nSPS) is 12.1. The van der Waals surface area contributed by atoms with Gasteiger partial charge in [0.25, 0.3) is 0 Å². The number of rotatable bonds is 3. The molecule has 9 heteroatoms. The van der Waals surface area contributed by atoms with Crippen molar-refractivity contribution in [2.75, 3.05) is 11.9 Å². The number of hydrogen-bond donors (Lipinski definition) is 4. The number of carbonyl (C=O) groups excluding carboxylic acids is 1. The second-order valence-electron chi connectivity index (χ2n) is 3.73. The summed E-state index contributed by atoms with van der Waals surface area (Å²) in [6.45, 7) is 2.00. The molecule has 1 rings (SSSR count). The molecule has 0 saturated carbocycles. The van der Waals surface area contributed by atoms with E-state index in [1.807, 2.05) is 0 Å². The molecule has 0 saturated heterocycles. The largest absolute Gasteiger partial charge is 0.417 e. The number of amides is 2. The molecular weight excluding hydrogens is 277 g/mol. The van der Waals surface area contributed by atoms with Crippen LogP contribution in [-0.4, -0.2) is 23.6 Å².